The van der Waals surface area contributed by atoms with Crippen LogP contribution < -0.4 is 10.6 Å². The Balaban J connectivity index is 2.42. The summed E-state index contributed by atoms with van der Waals surface area (Å²) in [6.45, 7) is 10.3. The van der Waals surface area contributed by atoms with Crippen LogP contribution in [0, 0.1) is 5.92 Å². The lowest BCUT2D eigenvalue weighted by atomic mass is 10.0. The van der Waals surface area contributed by atoms with Crippen LogP contribution in [0.1, 0.15) is 52.0 Å². The minimum atomic E-state index is 0.245. The molecule has 27 heavy (non-hydrogen) atoms. The van der Waals surface area contributed by atoms with Crippen LogP contribution in [0.25, 0.3) is 0 Å². The molecule has 0 bridgehead atoms. The van der Waals surface area contributed by atoms with Crippen molar-refractivity contribution in [1.29, 1.82) is 0 Å². The highest BCUT2D eigenvalue weighted by molar-refractivity contribution is 5.79. The first-order valence-electron chi connectivity index (χ1n) is 10.5. The van der Waals surface area contributed by atoms with Crippen molar-refractivity contribution in [2.75, 3.05) is 33.3 Å². The summed E-state index contributed by atoms with van der Waals surface area (Å²) < 4.78 is 0. The average Bonchev–Trinajstić information content (AvgIpc) is 2.67. The van der Waals surface area contributed by atoms with Gasteiger partial charge in [0.2, 0.25) is 0 Å². The molecule has 0 aromatic heterocycles. The van der Waals surface area contributed by atoms with Gasteiger partial charge in [-0.15, -0.1) is 0 Å². The minimum absolute atomic E-state index is 0.245. The number of hydrogen-bond acceptors (Lipinski definition) is 3. The Morgan fingerprint density at radius 1 is 1.11 bits per heavy atom. The molecule has 0 fully saturated rings. The van der Waals surface area contributed by atoms with E-state index >= 15 is 0 Å². The van der Waals surface area contributed by atoms with Gasteiger partial charge in [-0.2, -0.15) is 0 Å². The standard InChI is InChI=1S/C22H40N4O/c1-5-10-20(14-16-27)17-25-22(23-6-2)24-15-13-19(3)26(4)18-21-11-8-7-9-12-21/h7-9,11-12,19-20,27H,5-6,10,13-18H2,1-4H3,(H2,23,24,25). The fourth-order valence-electron chi connectivity index (χ4n) is 3.13. The highest BCUT2D eigenvalue weighted by Gasteiger charge is 2.10. The van der Waals surface area contributed by atoms with E-state index in [1.807, 2.05) is 0 Å². The van der Waals surface area contributed by atoms with Crippen molar-refractivity contribution in [1.82, 2.24) is 15.5 Å². The minimum Gasteiger partial charge on any atom is -0.396 e. The van der Waals surface area contributed by atoms with Crippen molar-refractivity contribution in [3.8, 4) is 0 Å². The Bertz CT molecular complexity index is 500. The summed E-state index contributed by atoms with van der Waals surface area (Å²) in [6, 6.07) is 11.1. The molecule has 0 saturated heterocycles. The Morgan fingerprint density at radius 3 is 2.48 bits per heavy atom. The number of aliphatic imine (C=N–C) groups is 1. The number of guanidine groups is 1. The van der Waals surface area contributed by atoms with Crippen molar-refractivity contribution in [3.05, 3.63) is 35.9 Å². The van der Waals surface area contributed by atoms with Gasteiger partial charge in [0.15, 0.2) is 5.96 Å². The van der Waals surface area contributed by atoms with Gasteiger partial charge < -0.3 is 15.7 Å². The quantitative estimate of drug-likeness (QED) is 0.365. The van der Waals surface area contributed by atoms with Gasteiger partial charge in [-0.1, -0.05) is 43.7 Å². The first-order valence-corrected chi connectivity index (χ1v) is 10.5. The molecule has 1 aromatic carbocycles. The van der Waals surface area contributed by atoms with E-state index in [0.717, 1.165) is 57.8 Å². The fourth-order valence-corrected chi connectivity index (χ4v) is 3.13. The highest BCUT2D eigenvalue weighted by Crippen LogP contribution is 2.11. The van der Waals surface area contributed by atoms with E-state index in [0.29, 0.717) is 12.0 Å². The van der Waals surface area contributed by atoms with E-state index in [2.05, 4.69) is 73.7 Å². The van der Waals surface area contributed by atoms with Gasteiger partial charge >= 0.3 is 0 Å². The molecule has 2 atom stereocenters. The van der Waals surface area contributed by atoms with Crippen LogP contribution in [0.5, 0.6) is 0 Å². The summed E-state index contributed by atoms with van der Waals surface area (Å²) in [5.74, 6) is 1.35. The molecule has 5 nitrogen and oxygen atoms in total. The summed E-state index contributed by atoms with van der Waals surface area (Å²) in [6.07, 6.45) is 4.14. The molecule has 0 aliphatic carbocycles. The average molecular weight is 377 g/mol. The maximum atomic E-state index is 9.21. The maximum Gasteiger partial charge on any atom is 0.191 e. The van der Waals surface area contributed by atoms with Crippen LogP contribution in [-0.4, -0.2) is 55.3 Å². The summed E-state index contributed by atoms with van der Waals surface area (Å²) in [5.41, 5.74) is 1.35. The van der Waals surface area contributed by atoms with E-state index in [9.17, 15) is 5.11 Å². The fraction of sp³-hybridized carbons (Fsp3) is 0.682. The van der Waals surface area contributed by atoms with Crippen molar-refractivity contribution in [2.24, 2.45) is 10.9 Å². The highest BCUT2D eigenvalue weighted by atomic mass is 16.3. The second kappa shape index (κ2) is 14.5. The third-order valence-electron chi connectivity index (χ3n) is 4.97. The molecule has 3 N–H and O–H groups in total. The Labute approximate surface area is 166 Å². The van der Waals surface area contributed by atoms with Crippen LogP contribution in [0.3, 0.4) is 0 Å². The molecule has 154 valence electrons. The van der Waals surface area contributed by atoms with E-state index in [1.54, 1.807) is 0 Å². The zero-order chi connectivity index (χ0) is 19.9. The number of nitrogens with zero attached hydrogens (tertiary/aromatic N) is 2. The van der Waals surface area contributed by atoms with Crippen LogP contribution >= 0.6 is 0 Å². The number of benzene rings is 1. The van der Waals surface area contributed by atoms with Crippen molar-refractivity contribution in [2.45, 2.75) is 59.0 Å². The van der Waals surface area contributed by atoms with Crippen molar-refractivity contribution in [3.63, 3.8) is 0 Å². The van der Waals surface area contributed by atoms with Crippen LogP contribution in [-0.2, 0) is 6.54 Å². The molecular weight excluding hydrogens is 336 g/mol. The largest absolute Gasteiger partial charge is 0.396 e. The molecule has 0 spiro atoms. The molecule has 5 heteroatoms. The second-order valence-electron chi connectivity index (χ2n) is 7.35. The summed E-state index contributed by atoms with van der Waals surface area (Å²) in [5, 5.41) is 16.0. The lowest BCUT2D eigenvalue weighted by molar-refractivity contribution is 0.238. The monoisotopic (exact) mass is 376 g/mol. The lowest BCUT2D eigenvalue weighted by Crippen LogP contribution is -2.40. The molecule has 0 aliphatic rings. The predicted octanol–water partition coefficient (Wildman–Crippen LogP) is 3.25. The first-order chi connectivity index (χ1) is 13.1. The van der Waals surface area contributed by atoms with Gasteiger partial charge in [0.25, 0.3) is 0 Å². The molecule has 0 radical (unpaired) electrons. The van der Waals surface area contributed by atoms with Crippen LogP contribution in [0.4, 0.5) is 0 Å². The number of aliphatic hydroxyl groups excluding tert-OH is 1. The third-order valence-corrected chi connectivity index (χ3v) is 4.97. The van der Waals surface area contributed by atoms with Gasteiger partial charge in [0.1, 0.15) is 0 Å². The SMILES string of the molecule is CCCC(CCO)CN=C(NCC)NCCC(C)N(C)Cc1ccccc1. The number of aliphatic hydroxyl groups is 1. The zero-order valence-corrected chi connectivity index (χ0v) is 17.7. The summed E-state index contributed by atoms with van der Waals surface area (Å²) in [7, 11) is 2.18. The molecule has 1 rings (SSSR count). The molecule has 0 amide bonds. The van der Waals surface area contributed by atoms with Crippen molar-refractivity contribution < 1.29 is 5.11 Å². The molecular formula is C22H40N4O. The van der Waals surface area contributed by atoms with E-state index < -0.39 is 0 Å². The topological polar surface area (TPSA) is 59.9 Å². The molecule has 1 aromatic rings. The van der Waals surface area contributed by atoms with Crippen LogP contribution in [0.15, 0.2) is 35.3 Å². The van der Waals surface area contributed by atoms with Gasteiger partial charge in [0.05, 0.1) is 0 Å². The molecule has 0 saturated carbocycles. The van der Waals surface area contributed by atoms with E-state index in [4.69, 9.17) is 4.99 Å². The summed E-state index contributed by atoms with van der Waals surface area (Å²) in [4.78, 5) is 7.12. The lowest BCUT2D eigenvalue weighted by Gasteiger charge is -2.25. The van der Waals surface area contributed by atoms with Gasteiger partial charge in [0, 0.05) is 38.8 Å². The molecule has 0 heterocycles. The predicted molar refractivity (Wildman–Crippen MR) is 116 cm³/mol. The maximum absolute atomic E-state index is 9.21. The van der Waals surface area contributed by atoms with Gasteiger partial charge in [-0.25, -0.2) is 0 Å². The molecule has 2 unspecified atom stereocenters. The van der Waals surface area contributed by atoms with Crippen molar-refractivity contribution >= 4 is 5.96 Å². The zero-order valence-electron chi connectivity index (χ0n) is 17.7. The Morgan fingerprint density at radius 2 is 1.85 bits per heavy atom. The van der Waals surface area contributed by atoms with Gasteiger partial charge in [-0.05, 0) is 51.6 Å². The Hall–Kier alpha value is -1.59. The van der Waals surface area contributed by atoms with E-state index in [1.165, 1.54) is 5.56 Å². The number of hydrogen-bond donors (Lipinski definition) is 3. The van der Waals surface area contributed by atoms with E-state index in [-0.39, 0.29) is 6.61 Å². The summed E-state index contributed by atoms with van der Waals surface area (Å²) >= 11 is 0. The number of rotatable bonds is 13. The van der Waals surface area contributed by atoms with Gasteiger partial charge in [-0.3, -0.25) is 9.89 Å². The van der Waals surface area contributed by atoms with Crippen LogP contribution in [0.2, 0.25) is 0 Å². The molecule has 0 aliphatic heterocycles. The third kappa shape index (κ3) is 10.4. The number of nitrogens with one attached hydrogen (secondary N) is 2. The normalized spacial score (nSPS) is 14.2. The second-order valence-corrected chi connectivity index (χ2v) is 7.35. The first kappa shape index (κ1) is 23.4. The smallest absolute Gasteiger partial charge is 0.191 e. The Kier molecular flexibility index (Phi) is 12.6.